The second-order valence-corrected chi connectivity index (χ2v) is 12.3. The highest BCUT2D eigenvalue weighted by atomic mass is 16.3. The third-order valence-corrected chi connectivity index (χ3v) is 8.71. The summed E-state index contributed by atoms with van der Waals surface area (Å²) in [6.45, 7) is 28.4. The van der Waals surface area contributed by atoms with E-state index >= 15 is 0 Å². The van der Waals surface area contributed by atoms with Crippen molar-refractivity contribution in [1.29, 1.82) is 0 Å². The van der Waals surface area contributed by atoms with Crippen LogP contribution in [0.3, 0.4) is 0 Å². The van der Waals surface area contributed by atoms with E-state index in [9.17, 15) is 5.11 Å². The van der Waals surface area contributed by atoms with Gasteiger partial charge in [0, 0.05) is 66.0 Å². The molecule has 2 aliphatic rings. The van der Waals surface area contributed by atoms with E-state index in [4.69, 9.17) is 0 Å². The minimum absolute atomic E-state index is 0.0444. The molecule has 1 aliphatic carbocycles. The first-order chi connectivity index (χ1) is 19.0. The van der Waals surface area contributed by atoms with Crippen LogP contribution < -0.4 is 0 Å². The van der Waals surface area contributed by atoms with Crippen LogP contribution in [0.5, 0.6) is 0 Å². The molecule has 2 aromatic heterocycles. The molecular formula is C36H59N3O. The number of hydrogen-bond acceptors (Lipinski definition) is 3. The number of fused-ring (bicyclic) bond motifs is 3. The van der Waals surface area contributed by atoms with Crippen LogP contribution in [0.25, 0.3) is 10.9 Å². The SMILES string of the molecule is CC.CCC.CCC.Cc1ccc2c(c1)c1c(n2CCc2ccc(C)nc2)CCN(C2C(C)(O)C2(C)C(C)C)C1. The minimum Gasteiger partial charge on any atom is -0.388 e. The Labute approximate surface area is 246 Å². The van der Waals surface area contributed by atoms with Gasteiger partial charge in [0.2, 0.25) is 0 Å². The molecule has 0 radical (unpaired) electrons. The van der Waals surface area contributed by atoms with Gasteiger partial charge in [0.25, 0.3) is 0 Å². The molecule has 3 heterocycles. The normalized spacial score (nSPS) is 23.3. The zero-order chi connectivity index (χ0) is 30.3. The molecule has 1 aliphatic heterocycles. The van der Waals surface area contributed by atoms with E-state index in [2.05, 4.69) is 100 Å². The van der Waals surface area contributed by atoms with Gasteiger partial charge >= 0.3 is 0 Å². The van der Waals surface area contributed by atoms with Crippen LogP contribution in [0.4, 0.5) is 0 Å². The van der Waals surface area contributed by atoms with Crippen LogP contribution in [0.1, 0.15) is 110 Å². The topological polar surface area (TPSA) is 41.3 Å². The lowest BCUT2D eigenvalue weighted by molar-refractivity contribution is 0.0905. The lowest BCUT2D eigenvalue weighted by Crippen LogP contribution is -2.37. The monoisotopic (exact) mass is 549 g/mol. The van der Waals surface area contributed by atoms with Crippen molar-refractivity contribution in [3.05, 3.63) is 64.6 Å². The van der Waals surface area contributed by atoms with E-state index in [1.165, 1.54) is 46.1 Å². The quantitative estimate of drug-likeness (QED) is 0.345. The molecule has 4 heteroatoms. The summed E-state index contributed by atoms with van der Waals surface area (Å²) in [5.41, 5.74) is 7.29. The van der Waals surface area contributed by atoms with E-state index in [-0.39, 0.29) is 11.5 Å². The Morgan fingerprint density at radius 1 is 1.00 bits per heavy atom. The fraction of sp³-hybridized carbons (Fsp3) is 0.639. The van der Waals surface area contributed by atoms with Gasteiger partial charge in [-0.25, -0.2) is 0 Å². The lowest BCUT2D eigenvalue weighted by Gasteiger charge is -2.30. The number of aromatic nitrogens is 2. The van der Waals surface area contributed by atoms with Gasteiger partial charge in [0.05, 0.1) is 5.60 Å². The van der Waals surface area contributed by atoms with E-state index in [1.807, 2.05) is 33.9 Å². The Bertz CT molecular complexity index is 1190. The molecule has 1 N–H and O–H groups in total. The molecular weight excluding hydrogens is 490 g/mol. The van der Waals surface area contributed by atoms with Gasteiger partial charge in [0.1, 0.15) is 0 Å². The maximum atomic E-state index is 11.2. The number of benzene rings is 1. The van der Waals surface area contributed by atoms with E-state index in [0.717, 1.165) is 38.2 Å². The average molecular weight is 550 g/mol. The van der Waals surface area contributed by atoms with Crippen molar-refractivity contribution < 1.29 is 5.11 Å². The first kappa shape index (κ1) is 34.0. The second kappa shape index (κ2) is 14.6. The molecule has 1 aromatic carbocycles. The van der Waals surface area contributed by atoms with Gasteiger partial charge in [-0.2, -0.15) is 0 Å². The van der Waals surface area contributed by atoms with E-state index < -0.39 is 5.60 Å². The highest BCUT2D eigenvalue weighted by molar-refractivity contribution is 5.86. The van der Waals surface area contributed by atoms with E-state index in [1.54, 1.807) is 0 Å². The number of nitrogens with zero attached hydrogens (tertiary/aromatic N) is 3. The van der Waals surface area contributed by atoms with Crippen LogP contribution in [0.2, 0.25) is 0 Å². The first-order valence-electron chi connectivity index (χ1n) is 16.0. The zero-order valence-corrected chi connectivity index (χ0v) is 27.9. The maximum Gasteiger partial charge on any atom is 0.0852 e. The van der Waals surface area contributed by atoms with Gasteiger partial charge < -0.3 is 9.67 Å². The molecule has 0 amide bonds. The van der Waals surface area contributed by atoms with E-state index in [0.29, 0.717) is 5.92 Å². The van der Waals surface area contributed by atoms with Gasteiger partial charge in [-0.1, -0.05) is 92.9 Å². The third-order valence-electron chi connectivity index (χ3n) is 8.71. The Kier molecular flexibility index (Phi) is 12.5. The molecule has 224 valence electrons. The molecule has 0 bridgehead atoms. The predicted octanol–water partition coefficient (Wildman–Crippen LogP) is 8.91. The number of hydrogen-bond donors (Lipinski definition) is 1. The van der Waals surface area contributed by atoms with Crippen molar-refractivity contribution in [2.45, 2.75) is 134 Å². The molecule has 5 rings (SSSR count). The highest BCUT2D eigenvalue weighted by Crippen LogP contribution is 2.63. The molecule has 0 spiro atoms. The number of aryl methyl sites for hydroxylation is 4. The Morgan fingerprint density at radius 2 is 1.62 bits per heavy atom. The Morgan fingerprint density at radius 3 is 2.15 bits per heavy atom. The molecule has 3 atom stereocenters. The summed E-state index contributed by atoms with van der Waals surface area (Å²) in [5.74, 6) is 0.454. The summed E-state index contributed by atoms with van der Waals surface area (Å²) >= 11 is 0. The number of rotatable bonds is 5. The maximum absolute atomic E-state index is 11.2. The van der Waals surface area contributed by atoms with Crippen LogP contribution in [-0.2, 0) is 25.9 Å². The molecule has 3 unspecified atom stereocenters. The highest BCUT2D eigenvalue weighted by Gasteiger charge is 2.73. The van der Waals surface area contributed by atoms with Gasteiger partial charge in [-0.3, -0.25) is 9.88 Å². The zero-order valence-electron chi connectivity index (χ0n) is 27.9. The van der Waals surface area contributed by atoms with Crippen molar-refractivity contribution >= 4 is 10.9 Å². The Balaban J connectivity index is 0.000000633. The largest absolute Gasteiger partial charge is 0.388 e. The van der Waals surface area contributed by atoms with Crippen molar-refractivity contribution in [2.24, 2.45) is 11.3 Å². The van der Waals surface area contributed by atoms with Crippen molar-refractivity contribution in [3.63, 3.8) is 0 Å². The fourth-order valence-corrected chi connectivity index (χ4v) is 6.36. The minimum atomic E-state index is -0.620. The molecule has 1 saturated carbocycles. The van der Waals surface area contributed by atoms with Crippen LogP contribution in [0.15, 0.2) is 36.5 Å². The predicted molar refractivity (Wildman–Crippen MR) is 174 cm³/mol. The summed E-state index contributed by atoms with van der Waals surface area (Å²) in [6.07, 6.45) is 6.54. The molecule has 3 aromatic rings. The Hall–Kier alpha value is -2.17. The molecule has 40 heavy (non-hydrogen) atoms. The summed E-state index contributed by atoms with van der Waals surface area (Å²) in [4.78, 5) is 7.03. The second-order valence-electron chi connectivity index (χ2n) is 12.3. The smallest absolute Gasteiger partial charge is 0.0852 e. The third kappa shape index (κ3) is 6.82. The van der Waals surface area contributed by atoms with Gasteiger partial charge in [0.15, 0.2) is 0 Å². The summed E-state index contributed by atoms with van der Waals surface area (Å²) < 4.78 is 2.55. The standard InChI is InChI=1S/C28H37N3O.2C3H8.C2H6/c1-18(2)27(5)26(28(27,6)32)30-13-12-25-23(17-30)22-15-19(3)7-10-24(22)31(25)14-11-21-9-8-20(4)29-16-21;2*1-3-2;1-2/h7-10,15-16,18,26,32H,11-14,17H2,1-6H3;2*3H2,1-2H3;1-2H3. The summed E-state index contributed by atoms with van der Waals surface area (Å²) in [5, 5.41) is 12.6. The van der Waals surface area contributed by atoms with Crippen molar-refractivity contribution in [1.82, 2.24) is 14.5 Å². The van der Waals surface area contributed by atoms with Crippen LogP contribution in [-0.4, -0.2) is 37.7 Å². The lowest BCUT2D eigenvalue weighted by atomic mass is 9.90. The number of aliphatic hydroxyl groups is 1. The molecule has 4 nitrogen and oxygen atoms in total. The first-order valence-corrected chi connectivity index (χ1v) is 16.0. The summed E-state index contributed by atoms with van der Waals surface area (Å²) in [7, 11) is 0. The van der Waals surface area contributed by atoms with Crippen molar-refractivity contribution in [2.75, 3.05) is 6.54 Å². The van der Waals surface area contributed by atoms with Crippen LogP contribution in [0, 0.1) is 25.2 Å². The summed E-state index contributed by atoms with van der Waals surface area (Å²) in [6, 6.07) is 11.4. The van der Waals surface area contributed by atoms with Crippen LogP contribution >= 0.6 is 0 Å². The fourth-order valence-electron chi connectivity index (χ4n) is 6.36. The van der Waals surface area contributed by atoms with Gasteiger partial charge in [-0.15, -0.1) is 0 Å². The van der Waals surface area contributed by atoms with Gasteiger partial charge in [-0.05, 0) is 62.4 Å². The average Bonchev–Trinajstić information content (AvgIpc) is 3.23. The van der Waals surface area contributed by atoms with Crippen molar-refractivity contribution in [3.8, 4) is 0 Å². The molecule has 0 saturated heterocycles. The molecule has 1 fully saturated rings. The number of pyridine rings is 1.